The molecule has 0 saturated heterocycles. The molecule has 28 heavy (non-hydrogen) atoms. The van der Waals surface area contributed by atoms with Crippen molar-refractivity contribution in [2.75, 3.05) is 32.5 Å². The molecule has 0 unspecified atom stereocenters. The number of amidine groups is 1. The molecule has 0 radical (unpaired) electrons. The number of aliphatic imine (C=N–C) groups is 1. The predicted molar refractivity (Wildman–Crippen MR) is 115 cm³/mol. The van der Waals surface area contributed by atoms with Crippen LogP contribution in [0.1, 0.15) is 12.8 Å². The van der Waals surface area contributed by atoms with Crippen molar-refractivity contribution in [2.45, 2.75) is 12.8 Å². The van der Waals surface area contributed by atoms with E-state index in [-0.39, 0.29) is 5.82 Å². The molecule has 0 saturated carbocycles. The second-order valence-electron chi connectivity index (χ2n) is 6.87. The quantitative estimate of drug-likeness (QED) is 0.528. The Kier molecular flexibility index (Phi) is 5.86. The van der Waals surface area contributed by atoms with Crippen molar-refractivity contribution in [1.29, 1.82) is 0 Å². The summed E-state index contributed by atoms with van der Waals surface area (Å²) in [4.78, 5) is 6.73. The third kappa shape index (κ3) is 4.33. The van der Waals surface area contributed by atoms with Crippen LogP contribution in [-0.2, 0) is 0 Å². The third-order valence-corrected chi connectivity index (χ3v) is 5.90. The predicted octanol–water partition coefficient (Wildman–Crippen LogP) is 4.96. The van der Waals surface area contributed by atoms with Crippen LogP contribution in [-0.4, -0.2) is 47.1 Å². The molecule has 4 nitrogen and oxygen atoms in total. The van der Waals surface area contributed by atoms with Gasteiger partial charge in [0.15, 0.2) is 5.17 Å². The van der Waals surface area contributed by atoms with Crippen LogP contribution in [0.15, 0.2) is 59.7 Å². The van der Waals surface area contributed by atoms with E-state index in [2.05, 4.69) is 39.7 Å². The van der Waals surface area contributed by atoms with Gasteiger partial charge in [-0.3, -0.25) is 4.99 Å². The molecule has 146 valence electrons. The fraction of sp³-hybridized carbons (Fsp3) is 0.318. The van der Waals surface area contributed by atoms with Gasteiger partial charge in [-0.25, -0.2) is 4.39 Å². The summed E-state index contributed by atoms with van der Waals surface area (Å²) in [6.45, 7) is 2.66. The van der Waals surface area contributed by atoms with Gasteiger partial charge in [0.2, 0.25) is 0 Å². The summed E-state index contributed by atoms with van der Waals surface area (Å²) in [5.74, 6) is 1.76. The van der Waals surface area contributed by atoms with Gasteiger partial charge in [0.1, 0.15) is 11.6 Å². The molecule has 2 aromatic carbocycles. The first kappa shape index (κ1) is 18.9. The van der Waals surface area contributed by atoms with Crippen molar-refractivity contribution in [2.24, 2.45) is 4.99 Å². The number of thioether (sulfide) groups is 1. The smallest absolute Gasteiger partial charge is 0.159 e. The summed E-state index contributed by atoms with van der Waals surface area (Å²) < 4.78 is 21.1. The molecule has 3 aromatic rings. The Bertz CT molecular complexity index is 968. The molecule has 0 bridgehead atoms. The Morgan fingerprint density at radius 3 is 2.79 bits per heavy atom. The molecule has 0 fully saturated rings. The lowest BCUT2D eigenvalue weighted by atomic mass is 10.2. The first-order valence-electron chi connectivity index (χ1n) is 9.59. The topological polar surface area (TPSA) is 29.8 Å². The lowest BCUT2D eigenvalue weighted by Crippen LogP contribution is -2.24. The first-order valence-corrected chi connectivity index (χ1v) is 10.6. The summed E-state index contributed by atoms with van der Waals surface area (Å²) in [5, 5.41) is 2.27. The average Bonchev–Trinajstić information content (AvgIpc) is 3.38. The van der Waals surface area contributed by atoms with Gasteiger partial charge in [0, 0.05) is 36.6 Å². The summed E-state index contributed by atoms with van der Waals surface area (Å²) in [6.07, 6.45) is 4.09. The summed E-state index contributed by atoms with van der Waals surface area (Å²) in [7, 11) is 2.11. The number of fused-ring (bicyclic) bond motifs is 1. The van der Waals surface area contributed by atoms with Crippen molar-refractivity contribution in [1.82, 2.24) is 9.47 Å². The van der Waals surface area contributed by atoms with Gasteiger partial charge in [-0.2, -0.15) is 0 Å². The SMILES string of the molecule is CN(CCCCOc1ccc2c(ccn2-c2ccc(F)cc2)c1)C1=NCCS1. The summed E-state index contributed by atoms with van der Waals surface area (Å²) >= 11 is 1.84. The molecule has 6 heteroatoms. The van der Waals surface area contributed by atoms with E-state index < -0.39 is 0 Å². The molecule has 0 N–H and O–H groups in total. The van der Waals surface area contributed by atoms with E-state index in [0.29, 0.717) is 6.61 Å². The molecule has 0 amide bonds. The van der Waals surface area contributed by atoms with Gasteiger partial charge < -0.3 is 14.2 Å². The molecule has 0 spiro atoms. The fourth-order valence-electron chi connectivity index (χ4n) is 3.33. The lowest BCUT2D eigenvalue weighted by Gasteiger charge is -2.17. The van der Waals surface area contributed by atoms with Crippen LogP contribution in [0.25, 0.3) is 16.6 Å². The van der Waals surface area contributed by atoms with Crippen molar-refractivity contribution >= 4 is 27.8 Å². The number of halogens is 1. The van der Waals surface area contributed by atoms with Crippen LogP contribution < -0.4 is 4.74 Å². The maximum absolute atomic E-state index is 13.2. The van der Waals surface area contributed by atoms with Crippen molar-refractivity contribution in [3.05, 3.63) is 60.5 Å². The van der Waals surface area contributed by atoms with Gasteiger partial charge in [-0.1, -0.05) is 11.8 Å². The fourth-order valence-corrected chi connectivity index (χ4v) is 4.19. The zero-order valence-electron chi connectivity index (χ0n) is 16.0. The van der Waals surface area contributed by atoms with E-state index in [1.165, 1.54) is 12.1 Å². The number of hydrogen-bond acceptors (Lipinski definition) is 4. The Morgan fingerprint density at radius 1 is 1.14 bits per heavy atom. The Morgan fingerprint density at radius 2 is 2.00 bits per heavy atom. The minimum Gasteiger partial charge on any atom is -0.494 e. The lowest BCUT2D eigenvalue weighted by molar-refractivity contribution is 0.301. The average molecular weight is 398 g/mol. The number of benzene rings is 2. The molecule has 2 heterocycles. The second kappa shape index (κ2) is 8.69. The molecule has 0 aliphatic carbocycles. The maximum Gasteiger partial charge on any atom is 0.159 e. The Balaban J connectivity index is 1.31. The van der Waals surface area contributed by atoms with E-state index in [9.17, 15) is 4.39 Å². The largest absolute Gasteiger partial charge is 0.494 e. The standard InChI is InChI=1S/C22H24FN3OS/c1-25(22-24-11-15-28-22)12-2-3-14-27-20-8-9-21-17(16-20)10-13-26(21)19-6-4-18(23)5-7-19/h4-10,13,16H,2-3,11-12,14-15H2,1H3. The number of rotatable bonds is 7. The van der Waals surface area contributed by atoms with Crippen molar-refractivity contribution in [3.8, 4) is 11.4 Å². The normalized spacial score (nSPS) is 13.7. The van der Waals surface area contributed by atoms with Crippen LogP contribution in [0, 0.1) is 5.82 Å². The van der Waals surface area contributed by atoms with Crippen LogP contribution in [0.2, 0.25) is 0 Å². The number of aromatic nitrogens is 1. The van der Waals surface area contributed by atoms with Crippen molar-refractivity contribution in [3.63, 3.8) is 0 Å². The van der Waals surface area contributed by atoms with E-state index in [4.69, 9.17) is 4.74 Å². The Labute approximate surface area is 169 Å². The van der Waals surface area contributed by atoms with Gasteiger partial charge in [0.25, 0.3) is 0 Å². The first-order chi connectivity index (χ1) is 13.7. The Hall–Kier alpha value is -2.47. The van der Waals surface area contributed by atoms with E-state index in [1.807, 2.05) is 24.0 Å². The second-order valence-corrected chi connectivity index (χ2v) is 7.93. The van der Waals surface area contributed by atoms with Gasteiger partial charge in [-0.15, -0.1) is 0 Å². The maximum atomic E-state index is 13.2. The highest BCUT2D eigenvalue weighted by molar-refractivity contribution is 8.14. The van der Waals surface area contributed by atoms with E-state index >= 15 is 0 Å². The number of nitrogens with zero attached hydrogens (tertiary/aromatic N) is 3. The van der Waals surface area contributed by atoms with Crippen molar-refractivity contribution < 1.29 is 9.13 Å². The minimum absolute atomic E-state index is 0.225. The monoisotopic (exact) mass is 397 g/mol. The highest BCUT2D eigenvalue weighted by Gasteiger charge is 2.11. The minimum atomic E-state index is -0.225. The van der Waals surface area contributed by atoms with Crippen LogP contribution in [0.5, 0.6) is 5.75 Å². The zero-order chi connectivity index (χ0) is 19.3. The van der Waals surface area contributed by atoms with Crippen LogP contribution in [0.4, 0.5) is 4.39 Å². The highest BCUT2D eigenvalue weighted by Crippen LogP contribution is 2.25. The van der Waals surface area contributed by atoms with E-state index in [1.54, 1.807) is 12.1 Å². The molecular formula is C22H24FN3OS. The summed E-state index contributed by atoms with van der Waals surface area (Å²) in [5.41, 5.74) is 2.02. The molecule has 1 aliphatic heterocycles. The van der Waals surface area contributed by atoms with E-state index in [0.717, 1.165) is 59.2 Å². The number of hydrogen-bond donors (Lipinski definition) is 0. The molecule has 4 rings (SSSR count). The van der Waals surface area contributed by atoms with Crippen LogP contribution >= 0.6 is 11.8 Å². The zero-order valence-corrected chi connectivity index (χ0v) is 16.8. The van der Waals surface area contributed by atoms with Gasteiger partial charge in [0.05, 0.1) is 18.7 Å². The third-order valence-electron chi connectivity index (χ3n) is 4.82. The summed E-state index contributed by atoms with van der Waals surface area (Å²) in [6, 6.07) is 14.7. The van der Waals surface area contributed by atoms with Gasteiger partial charge >= 0.3 is 0 Å². The highest BCUT2D eigenvalue weighted by atomic mass is 32.2. The molecule has 0 atom stereocenters. The number of unbranched alkanes of at least 4 members (excludes halogenated alkanes) is 1. The molecular weight excluding hydrogens is 373 g/mol. The van der Waals surface area contributed by atoms with Crippen LogP contribution in [0.3, 0.4) is 0 Å². The molecule has 1 aliphatic rings. The molecule has 1 aromatic heterocycles. The number of ether oxygens (including phenoxy) is 1. The van der Waals surface area contributed by atoms with Gasteiger partial charge in [-0.05, 0) is 61.4 Å².